The number of hydrogen-bond acceptors (Lipinski definition) is 3. The molecule has 0 aliphatic heterocycles. The summed E-state index contributed by atoms with van der Waals surface area (Å²) in [6.07, 6.45) is 4.78. The molecule has 0 aromatic rings. The Morgan fingerprint density at radius 2 is 2.19 bits per heavy atom. The lowest BCUT2D eigenvalue weighted by molar-refractivity contribution is -0.145. The maximum Gasteiger partial charge on any atom is 0.323 e. The smallest absolute Gasteiger partial charge is 0.323 e. The number of rotatable bonds is 6. The van der Waals surface area contributed by atoms with Crippen molar-refractivity contribution in [3.8, 4) is 0 Å². The van der Waals surface area contributed by atoms with Crippen LogP contribution in [0.25, 0.3) is 0 Å². The number of carbonyl (C=O) groups excluding carboxylic acids is 1. The summed E-state index contributed by atoms with van der Waals surface area (Å²) in [7, 11) is 0. The van der Waals surface area contributed by atoms with Crippen LogP contribution in [0.15, 0.2) is 0 Å². The zero-order valence-corrected chi connectivity index (χ0v) is 10.8. The molecule has 0 aromatic heterocycles. The standard InChI is InChI=1S/C13H25NO2/c1-4-12(13(15)16-5-2)14-9-11-8-6-7-10(11)3/h10-12,14H,4-9H2,1-3H3. The van der Waals surface area contributed by atoms with Crippen LogP contribution in [-0.4, -0.2) is 25.2 Å². The van der Waals surface area contributed by atoms with Gasteiger partial charge in [-0.1, -0.05) is 26.7 Å². The summed E-state index contributed by atoms with van der Waals surface area (Å²) in [4.78, 5) is 11.6. The molecule has 1 rings (SSSR count). The highest BCUT2D eigenvalue weighted by Crippen LogP contribution is 2.30. The van der Waals surface area contributed by atoms with Gasteiger partial charge in [-0.15, -0.1) is 0 Å². The molecule has 16 heavy (non-hydrogen) atoms. The summed E-state index contributed by atoms with van der Waals surface area (Å²) in [6, 6.07) is -0.118. The summed E-state index contributed by atoms with van der Waals surface area (Å²) < 4.78 is 5.04. The van der Waals surface area contributed by atoms with E-state index in [-0.39, 0.29) is 12.0 Å². The zero-order valence-electron chi connectivity index (χ0n) is 10.8. The molecule has 0 radical (unpaired) electrons. The number of nitrogens with one attached hydrogen (secondary N) is 1. The van der Waals surface area contributed by atoms with Crippen LogP contribution in [0, 0.1) is 11.8 Å². The summed E-state index contributed by atoms with van der Waals surface area (Å²) in [5, 5.41) is 3.35. The van der Waals surface area contributed by atoms with Crippen LogP contribution in [0.4, 0.5) is 0 Å². The van der Waals surface area contributed by atoms with Gasteiger partial charge in [-0.05, 0) is 38.1 Å². The van der Waals surface area contributed by atoms with Gasteiger partial charge in [-0.2, -0.15) is 0 Å². The minimum Gasteiger partial charge on any atom is -0.465 e. The van der Waals surface area contributed by atoms with Crippen LogP contribution in [0.1, 0.15) is 46.5 Å². The molecule has 0 spiro atoms. The molecular formula is C13H25NO2. The van der Waals surface area contributed by atoms with Crippen molar-refractivity contribution in [3.05, 3.63) is 0 Å². The lowest BCUT2D eigenvalue weighted by Crippen LogP contribution is -2.40. The number of ether oxygens (including phenoxy) is 1. The maximum absolute atomic E-state index is 11.6. The molecule has 3 unspecified atom stereocenters. The second kappa shape index (κ2) is 6.89. The first-order chi connectivity index (χ1) is 7.69. The van der Waals surface area contributed by atoms with Crippen LogP contribution in [0.2, 0.25) is 0 Å². The lowest BCUT2D eigenvalue weighted by atomic mass is 9.98. The highest BCUT2D eigenvalue weighted by molar-refractivity contribution is 5.75. The Balaban J connectivity index is 2.30. The largest absolute Gasteiger partial charge is 0.465 e. The lowest BCUT2D eigenvalue weighted by Gasteiger charge is -2.20. The van der Waals surface area contributed by atoms with Crippen molar-refractivity contribution in [3.63, 3.8) is 0 Å². The summed E-state index contributed by atoms with van der Waals surface area (Å²) in [6.45, 7) is 7.61. The molecule has 1 fully saturated rings. The average Bonchev–Trinajstić information content (AvgIpc) is 2.66. The second-order valence-corrected chi connectivity index (χ2v) is 4.79. The first-order valence-corrected chi connectivity index (χ1v) is 6.59. The maximum atomic E-state index is 11.6. The van der Waals surface area contributed by atoms with E-state index >= 15 is 0 Å². The molecule has 94 valence electrons. The predicted molar refractivity (Wildman–Crippen MR) is 65.2 cm³/mol. The highest BCUT2D eigenvalue weighted by Gasteiger charge is 2.25. The van der Waals surface area contributed by atoms with E-state index in [0.29, 0.717) is 6.61 Å². The van der Waals surface area contributed by atoms with Crippen LogP contribution in [0.3, 0.4) is 0 Å². The molecule has 1 aliphatic rings. The number of carbonyl (C=O) groups is 1. The Kier molecular flexibility index (Phi) is 5.81. The summed E-state index contributed by atoms with van der Waals surface area (Å²) in [5.41, 5.74) is 0. The van der Waals surface area contributed by atoms with Gasteiger partial charge in [0.25, 0.3) is 0 Å². The van der Waals surface area contributed by atoms with Crippen molar-refractivity contribution in [1.29, 1.82) is 0 Å². The first kappa shape index (κ1) is 13.5. The van der Waals surface area contributed by atoms with Crippen LogP contribution in [0.5, 0.6) is 0 Å². The van der Waals surface area contributed by atoms with E-state index in [9.17, 15) is 4.79 Å². The van der Waals surface area contributed by atoms with Crippen molar-refractivity contribution in [1.82, 2.24) is 5.32 Å². The van der Waals surface area contributed by atoms with E-state index in [0.717, 1.165) is 24.8 Å². The van der Waals surface area contributed by atoms with E-state index in [4.69, 9.17) is 4.74 Å². The van der Waals surface area contributed by atoms with E-state index in [1.54, 1.807) is 0 Å². The third-order valence-corrected chi connectivity index (χ3v) is 3.64. The Hall–Kier alpha value is -0.570. The Morgan fingerprint density at radius 3 is 2.69 bits per heavy atom. The van der Waals surface area contributed by atoms with Crippen molar-refractivity contribution in [2.45, 2.75) is 52.5 Å². The SMILES string of the molecule is CCOC(=O)C(CC)NCC1CCCC1C. The third kappa shape index (κ3) is 3.78. The molecule has 0 aromatic carbocycles. The number of esters is 1. The Labute approximate surface area is 98.9 Å². The molecule has 1 N–H and O–H groups in total. The molecule has 0 heterocycles. The first-order valence-electron chi connectivity index (χ1n) is 6.59. The second-order valence-electron chi connectivity index (χ2n) is 4.79. The molecular weight excluding hydrogens is 202 g/mol. The molecule has 3 atom stereocenters. The van der Waals surface area contributed by atoms with E-state index in [2.05, 4.69) is 12.2 Å². The van der Waals surface area contributed by atoms with Crippen LogP contribution >= 0.6 is 0 Å². The molecule has 0 saturated heterocycles. The average molecular weight is 227 g/mol. The molecule has 1 saturated carbocycles. The van der Waals surface area contributed by atoms with Gasteiger partial charge >= 0.3 is 5.97 Å². The summed E-state index contributed by atoms with van der Waals surface area (Å²) in [5.74, 6) is 1.44. The normalized spacial score (nSPS) is 26.7. The van der Waals surface area contributed by atoms with Gasteiger partial charge in [-0.3, -0.25) is 4.79 Å². The van der Waals surface area contributed by atoms with E-state index in [1.165, 1.54) is 19.3 Å². The molecule has 3 heteroatoms. The van der Waals surface area contributed by atoms with Crippen molar-refractivity contribution >= 4 is 5.97 Å². The van der Waals surface area contributed by atoms with Crippen LogP contribution in [-0.2, 0) is 9.53 Å². The monoisotopic (exact) mass is 227 g/mol. The van der Waals surface area contributed by atoms with Gasteiger partial charge < -0.3 is 10.1 Å². The van der Waals surface area contributed by atoms with Gasteiger partial charge in [0.15, 0.2) is 0 Å². The fourth-order valence-electron chi connectivity index (χ4n) is 2.46. The van der Waals surface area contributed by atoms with Crippen molar-refractivity contribution < 1.29 is 9.53 Å². The third-order valence-electron chi connectivity index (χ3n) is 3.64. The summed E-state index contributed by atoms with van der Waals surface area (Å²) >= 11 is 0. The van der Waals surface area contributed by atoms with Gasteiger partial charge in [0.2, 0.25) is 0 Å². The van der Waals surface area contributed by atoms with E-state index < -0.39 is 0 Å². The predicted octanol–water partition coefficient (Wildman–Crippen LogP) is 2.35. The number of hydrogen-bond donors (Lipinski definition) is 1. The molecule has 3 nitrogen and oxygen atoms in total. The van der Waals surface area contributed by atoms with Crippen molar-refractivity contribution in [2.75, 3.05) is 13.2 Å². The van der Waals surface area contributed by atoms with Gasteiger partial charge in [0.05, 0.1) is 6.61 Å². The minimum absolute atomic E-state index is 0.101. The molecule has 0 bridgehead atoms. The quantitative estimate of drug-likeness (QED) is 0.708. The Morgan fingerprint density at radius 1 is 1.44 bits per heavy atom. The molecule has 0 amide bonds. The van der Waals surface area contributed by atoms with Crippen LogP contribution < -0.4 is 5.32 Å². The van der Waals surface area contributed by atoms with E-state index in [1.807, 2.05) is 13.8 Å². The molecule has 1 aliphatic carbocycles. The van der Waals surface area contributed by atoms with Gasteiger partial charge in [-0.25, -0.2) is 0 Å². The van der Waals surface area contributed by atoms with Gasteiger partial charge in [0.1, 0.15) is 6.04 Å². The highest BCUT2D eigenvalue weighted by atomic mass is 16.5. The van der Waals surface area contributed by atoms with Crippen molar-refractivity contribution in [2.24, 2.45) is 11.8 Å². The fraction of sp³-hybridized carbons (Fsp3) is 0.923. The Bertz CT molecular complexity index is 218. The minimum atomic E-state index is -0.118. The topological polar surface area (TPSA) is 38.3 Å². The van der Waals surface area contributed by atoms with Gasteiger partial charge in [0, 0.05) is 0 Å². The zero-order chi connectivity index (χ0) is 12.0. The fourth-order valence-corrected chi connectivity index (χ4v) is 2.46.